The van der Waals surface area contributed by atoms with E-state index in [1.54, 1.807) is 48.5 Å². The number of nitrogens with one attached hydrogen (secondary N) is 1. The van der Waals surface area contributed by atoms with Crippen LogP contribution in [0.15, 0.2) is 54.6 Å². The molecule has 8 nitrogen and oxygen atoms in total. The SMILES string of the molecule is CO[C@@H](CCOC(=O)CS)[C@@H](OC(=O)Nc1ccccc1)c1ccc(OCCO)cc1. The van der Waals surface area contributed by atoms with Gasteiger partial charge in [-0.1, -0.05) is 30.3 Å². The van der Waals surface area contributed by atoms with E-state index in [4.69, 9.17) is 24.1 Å². The molecule has 0 aliphatic carbocycles. The summed E-state index contributed by atoms with van der Waals surface area (Å²) in [6.45, 7) is 0.176. The highest BCUT2D eigenvalue weighted by Crippen LogP contribution is 2.28. The highest BCUT2D eigenvalue weighted by molar-refractivity contribution is 7.81. The first-order valence-electron chi connectivity index (χ1n) is 9.73. The second-order valence-corrected chi connectivity index (χ2v) is 6.72. The van der Waals surface area contributed by atoms with Crippen LogP contribution in [-0.2, 0) is 19.0 Å². The number of ether oxygens (including phenoxy) is 4. The number of carbonyl (C=O) groups is 2. The van der Waals surface area contributed by atoms with Crippen molar-refractivity contribution < 1.29 is 33.6 Å². The number of hydrogen-bond donors (Lipinski definition) is 3. The van der Waals surface area contributed by atoms with E-state index in [1.165, 1.54) is 7.11 Å². The lowest BCUT2D eigenvalue weighted by Crippen LogP contribution is -2.29. The predicted molar refractivity (Wildman–Crippen MR) is 119 cm³/mol. The molecule has 0 saturated carbocycles. The van der Waals surface area contributed by atoms with E-state index in [-0.39, 0.29) is 25.6 Å². The Morgan fingerprint density at radius 3 is 2.39 bits per heavy atom. The molecule has 0 saturated heterocycles. The van der Waals surface area contributed by atoms with Crippen molar-refractivity contribution in [1.82, 2.24) is 0 Å². The van der Waals surface area contributed by atoms with E-state index in [1.807, 2.05) is 6.07 Å². The molecule has 2 aromatic rings. The maximum atomic E-state index is 12.5. The van der Waals surface area contributed by atoms with Crippen molar-refractivity contribution in [3.8, 4) is 5.75 Å². The maximum absolute atomic E-state index is 12.5. The number of aliphatic hydroxyl groups is 1. The smallest absolute Gasteiger partial charge is 0.412 e. The van der Waals surface area contributed by atoms with Gasteiger partial charge in [-0.05, 0) is 29.8 Å². The Labute approximate surface area is 186 Å². The number of esters is 1. The summed E-state index contributed by atoms with van der Waals surface area (Å²) in [6.07, 6.45) is -1.68. The zero-order valence-electron chi connectivity index (χ0n) is 17.2. The number of carbonyl (C=O) groups excluding carboxylic acids is 2. The van der Waals surface area contributed by atoms with Gasteiger partial charge in [0.2, 0.25) is 0 Å². The third-order valence-electron chi connectivity index (χ3n) is 4.26. The summed E-state index contributed by atoms with van der Waals surface area (Å²) in [7, 11) is 1.50. The molecule has 0 spiro atoms. The third-order valence-corrected chi connectivity index (χ3v) is 4.52. The van der Waals surface area contributed by atoms with Gasteiger partial charge in [-0.2, -0.15) is 12.6 Å². The van der Waals surface area contributed by atoms with Crippen molar-refractivity contribution >= 4 is 30.4 Å². The summed E-state index contributed by atoms with van der Waals surface area (Å²) < 4.78 is 21.7. The molecule has 2 rings (SSSR count). The van der Waals surface area contributed by atoms with Crippen LogP contribution in [-0.4, -0.2) is 56.0 Å². The largest absolute Gasteiger partial charge is 0.491 e. The van der Waals surface area contributed by atoms with Crippen molar-refractivity contribution in [2.24, 2.45) is 0 Å². The number of aliphatic hydroxyl groups excluding tert-OH is 1. The van der Waals surface area contributed by atoms with Crippen LogP contribution in [0.1, 0.15) is 18.1 Å². The number of anilines is 1. The van der Waals surface area contributed by atoms with Crippen molar-refractivity contribution in [3.05, 3.63) is 60.2 Å². The summed E-state index contributed by atoms with van der Waals surface area (Å²) in [4.78, 5) is 23.9. The molecule has 31 heavy (non-hydrogen) atoms. The first kappa shape index (κ1) is 24.5. The average molecular weight is 450 g/mol. The first-order valence-corrected chi connectivity index (χ1v) is 10.4. The van der Waals surface area contributed by atoms with Crippen molar-refractivity contribution in [2.75, 3.05) is 38.0 Å². The highest BCUT2D eigenvalue weighted by atomic mass is 32.1. The Morgan fingerprint density at radius 2 is 1.77 bits per heavy atom. The molecule has 0 radical (unpaired) electrons. The maximum Gasteiger partial charge on any atom is 0.412 e. The second-order valence-electron chi connectivity index (χ2n) is 6.40. The van der Waals surface area contributed by atoms with E-state index < -0.39 is 24.3 Å². The zero-order valence-corrected chi connectivity index (χ0v) is 18.1. The van der Waals surface area contributed by atoms with Gasteiger partial charge in [0.05, 0.1) is 19.0 Å². The van der Waals surface area contributed by atoms with E-state index in [0.29, 0.717) is 23.4 Å². The van der Waals surface area contributed by atoms with Gasteiger partial charge in [0.25, 0.3) is 0 Å². The minimum Gasteiger partial charge on any atom is -0.491 e. The number of thiol groups is 1. The Kier molecular flexibility index (Phi) is 10.7. The lowest BCUT2D eigenvalue weighted by molar-refractivity contribution is -0.141. The molecule has 168 valence electrons. The van der Waals surface area contributed by atoms with Gasteiger partial charge >= 0.3 is 12.1 Å². The van der Waals surface area contributed by atoms with E-state index in [9.17, 15) is 9.59 Å². The molecule has 0 bridgehead atoms. The molecule has 0 unspecified atom stereocenters. The van der Waals surface area contributed by atoms with Crippen LogP contribution in [0.2, 0.25) is 0 Å². The number of rotatable bonds is 12. The normalized spacial score (nSPS) is 12.5. The van der Waals surface area contributed by atoms with E-state index >= 15 is 0 Å². The van der Waals surface area contributed by atoms with Crippen LogP contribution in [0.3, 0.4) is 0 Å². The molecule has 1 amide bonds. The van der Waals surface area contributed by atoms with Crippen molar-refractivity contribution in [1.29, 1.82) is 0 Å². The fourth-order valence-electron chi connectivity index (χ4n) is 2.79. The lowest BCUT2D eigenvalue weighted by atomic mass is 10.0. The van der Waals surface area contributed by atoms with Crippen LogP contribution in [0.4, 0.5) is 10.5 Å². The molecule has 0 fully saturated rings. The summed E-state index contributed by atoms with van der Waals surface area (Å²) in [5.41, 5.74) is 1.27. The van der Waals surface area contributed by atoms with Gasteiger partial charge in [-0.25, -0.2) is 4.79 Å². The van der Waals surface area contributed by atoms with Crippen LogP contribution >= 0.6 is 12.6 Å². The Balaban J connectivity index is 2.14. The number of amides is 1. The predicted octanol–water partition coefficient (Wildman–Crippen LogP) is 3.23. The third kappa shape index (κ3) is 8.49. The fourth-order valence-corrected chi connectivity index (χ4v) is 2.88. The molecule has 0 aliphatic rings. The molecular formula is C22H27NO7S. The first-order chi connectivity index (χ1) is 15.1. The molecular weight excluding hydrogens is 422 g/mol. The summed E-state index contributed by atoms with van der Waals surface area (Å²) >= 11 is 3.88. The molecule has 2 atom stereocenters. The quantitative estimate of drug-likeness (QED) is 0.338. The Bertz CT molecular complexity index is 801. The summed E-state index contributed by atoms with van der Waals surface area (Å²) in [6, 6.07) is 15.8. The van der Waals surface area contributed by atoms with Gasteiger partial charge in [0.1, 0.15) is 18.5 Å². The molecule has 9 heteroatoms. The molecule has 2 N–H and O–H groups in total. The van der Waals surface area contributed by atoms with E-state index in [2.05, 4.69) is 17.9 Å². The highest BCUT2D eigenvalue weighted by Gasteiger charge is 2.28. The minimum absolute atomic E-state index is 0.0215. The topological polar surface area (TPSA) is 103 Å². The lowest BCUT2D eigenvalue weighted by Gasteiger charge is -2.26. The Morgan fingerprint density at radius 1 is 1.06 bits per heavy atom. The zero-order chi connectivity index (χ0) is 22.5. The molecule has 0 aromatic heterocycles. The average Bonchev–Trinajstić information content (AvgIpc) is 2.80. The van der Waals surface area contributed by atoms with Crippen LogP contribution in [0, 0.1) is 0 Å². The van der Waals surface area contributed by atoms with Gasteiger partial charge in [-0.3, -0.25) is 10.1 Å². The van der Waals surface area contributed by atoms with Crippen LogP contribution in [0.5, 0.6) is 5.75 Å². The van der Waals surface area contributed by atoms with Gasteiger partial charge in [0, 0.05) is 19.2 Å². The molecule has 0 heterocycles. The Hall–Kier alpha value is -2.75. The molecule has 0 aliphatic heterocycles. The van der Waals surface area contributed by atoms with Gasteiger partial charge in [-0.15, -0.1) is 0 Å². The fraction of sp³-hybridized carbons (Fsp3) is 0.364. The minimum atomic E-state index is -0.768. The standard InChI is InChI=1S/C22H27NO7S/c1-27-19(11-13-29-20(25)15-31)21(16-7-9-18(10-8-16)28-14-12-24)30-22(26)23-17-5-3-2-4-6-17/h2-10,19,21,24,31H,11-15H2,1H3,(H,23,26)/t19-,21-/m0/s1. The second kappa shape index (κ2) is 13.5. The van der Waals surface area contributed by atoms with Crippen molar-refractivity contribution in [2.45, 2.75) is 18.6 Å². The number of para-hydroxylation sites is 1. The summed E-state index contributed by atoms with van der Waals surface area (Å²) in [5.74, 6) is 0.108. The van der Waals surface area contributed by atoms with Gasteiger partial charge < -0.3 is 24.1 Å². The van der Waals surface area contributed by atoms with Crippen LogP contribution < -0.4 is 10.1 Å². The number of benzene rings is 2. The van der Waals surface area contributed by atoms with Crippen molar-refractivity contribution in [3.63, 3.8) is 0 Å². The molecule has 2 aromatic carbocycles. The number of methoxy groups -OCH3 is 1. The van der Waals surface area contributed by atoms with Crippen LogP contribution in [0.25, 0.3) is 0 Å². The van der Waals surface area contributed by atoms with Gasteiger partial charge in [0.15, 0.2) is 6.10 Å². The monoisotopic (exact) mass is 449 g/mol. The number of hydrogen-bond acceptors (Lipinski definition) is 8. The van der Waals surface area contributed by atoms with E-state index in [0.717, 1.165) is 0 Å². The summed E-state index contributed by atoms with van der Waals surface area (Å²) in [5, 5.41) is 11.6.